The minimum Gasteiger partial charge on any atom is -0.480 e. The van der Waals surface area contributed by atoms with Crippen molar-refractivity contribution in [3.8, 4) is 5.75 Å². The minimum atomic E-state index is -0.692. The fraction of sp³-hybridized carbons (Fsp3) is 0.217. The highest BCUT2D eigenvalue weighted by atomic mass is 35.5. The Morgan fingerprint density at radius 1 is 1.03 bits per heavy atom. The first-order valence-corrected chi connectivity index (χ1v) is 9.83. The quantitative estimate of drug-likeness (QED) is 0.524. The highest BCUT2D eigenvalue weighted by Gasteiger charge is 2.21. The molecule has 5 nitrogen and oxygen atoms in total. The zero-order chi connectivity index (χ0) is 20.8. The summed E-state index contributed by atoms with van der Waals surface area (Å²) in [4.78, 5) is 24.8. The van der Waals surface area contributed by atoms with Crippen LogP contribution in [-0.4, -0.2) is 24.6 Å². The molecule has 0 spiro atoms. The van der Waals surface area contributed by atoms with Crippen molar-refractivity contribution >= 4 is 39.9 Å². The third-order valence-corrected chi connectivity index (χ3v) is 4.74. The van der Waals surface area contributed by atoms with Crippen LogP contribution in [0.25, 0.3) is 10.8 Å². The normalized spacial score (nSPS) is 11.7. The highest BCUT2D eigenvalue weighted by Crippen LogP contribution is 2.27. The van der Waals surface area contributed by atoms with E-state index in [9.17, 15) is 9.59 Å². The van der Waals surface area contributed by atoms with Gasteiger partial charge in [0.25, 0.3) is 5.91 Å². The van der Waals surface area contributed by atoms with Crippen LogP contribution >= 0.6 is 11.6 Å². The van der Waals surface area contributed by atoms with Crippen molar-refractivity contribution in [3.63, 3.8) is 0 Å². The Balaban J connectivity index is 1.78. The second-order valence-electron chi connectivity index (χ2n) is 6.40. The molecule has 0 saturated heterocycles. The van der Waals surface area contributed by atoms with E-state index in [1.54, 1.807) is 19.1 Å². The van der Waals surface area contributed by atoms with Gasteiger partial charge in [-0.2, -0.15) is 0 Å². The van der Waals surface area contributed by atoms with Gasteiger partial charge in [-0.1, -0.05) is 54.9 Å². The third kappa shape index (κ3) is 4.87. The summed E-state index contributed by atoms with van der Waals surface area (Å²) >= 11 is 6.08. The summed E-state index contributed by atoms with van der Waals surface area (Å²) in [7, 11) is 0. The van der Waals surface area contributed by atoms with Crippen LogP contribution in [0.15, 0.2) is 60.7 Å². The van der Waals surface area contributed by atoms with Gasteiger partial charge in [-0.15, -0.1) is 0 Å². The molecule has 1 atom stereocenters. The summed E-state index contributed by atoms with van der Waals surface area (Å²) in [6.07, 6.45) is -0.213. The monoisotopic (exact) mass is 411 g/mol. The number of benzene rings is 3. The van der Waals surface area contributed by atoms with E-state index >= 15 is 0 Å². The lowest BCUT2D eigenvalue weighted by atomic mass is 10.1. The molecule has 1 amide bonds. The smallest absolute Gasteiger partial charge is 0.339 e. The number of rotatable bonds is 7. The Bertz CT molecular complexity index is 1030. The van der Waals surface area contributed by atoms with Gasteiger partial charge in [0.1, 0.15) is 5.75 Å². The number of esters is 1. The van der Waals surface area contributed by atoms with E-state index in [-0.39, 0.29) is 23.1 Å². The Labute approximate surface area is 174 Å². The van der Waals surface area contributed by atoms with Crippen molar-refractivity contribution < 1.29 is 19.1 Å². The third-order valence-electron chi connectivity index (χ3n) is 4.41. The molecule has 0 aliphatic heterocycles. The maximum absolute atomic E-state index is 12.8. The van der Waals surface area contributed by atoms with Gasteiger partial charge < -0.3 is 14.8 Å². The van der Waals surface area contributed by atoms with Crippen molar-refractivity contribution in [1.29, 1.82) is 0 Å². The molecule has 3 aromatic carbocycles. The molecule has 0 heterocycles. The SMILES string of the molecule is CCOC(=O)c1cc(NC(=O)[C@@H](CC)Oc2cccc3ccccc23)ccc1Cl. The zero-order valence-corrected chi connectivity index (χ0v) is 17.0. The Hall–Kier alpha value is -3.05. The number of halogens is 1. The van der Waals surface area contributed by atoms with E-state index in [0.29, 0.717) is 17.9 Å². The maximum Gasteiger partial charge on any atom is 0.339 e. The van der Waals surface area contributed by atoms with Crippen LogP contribution in [0.3, 0.4) is 0 Å². The van der Waals surface area contributed by atoms with Crippen LogP contribution in [0, 0.1) is 0 Å². The lowest BCUT2D eigenvalue weighted by Crippen LogP contribution is -2.32. The van der Waals surface area contributed by atoms with Crippen LogP contribution in [0.5, 0.6) is 5.75 Å². The predicted octanol–water partition coefficient (Wildman–Crippen LogP) is 5.47. The zero-order valence-electron chi connectivity index (χ0n) is 16.3. The molecule has 6 heteroatoms. The van der Waals surface area contributed by atoms with E-state index < -0.39 is 12.1 Å². The number of hydrogen-bond donors (Lipinski definition) is 1. The summed E-state index contributed by atoms with van der Waals surface area (Å²) < 4.78 is 11.0. The lowest BCUT2D eigenvalue weighted by molar-refractivity contribution is -0.122. The summed E-state index contributed by atoms with van der Waals surface area (Å²) in [5, 5.41) is 5.04. The Kier molecular flexibility index (Phi) is 6.73. The van der Waals surface area contributed by atoms with Crippen LogP contribution in [0.1, 0.15) is 30.6 Å². The first-order valence-electron chi connectivity index (χ1n) is 9.45. The molecular weight excluding hydrogens is 390 g/mol. The molecule has 0 aliphatic carbocycles. The summed E-state index contributed by atoms with van der Waals surface area (Å²) in [6.45, 7) is 3.83. The van der Waals surface area contributed by atoms with E-state index in [4.69, 9.17) is 21.1 Å². The molecule has 0 radical (unpaired) electrons. The van der Waals surface area contributed by atoms with Gasteiger partial charge in [0.05, 0.1) is 17.2 Å². The number of fused-ring (bicyclic) bond motifs is 1. The number of ether oxygens (including phenoxy) is 2. The summed E-state index contributed by atoms with van der Waals surface area (Å²) in [5.41, 5.74) is 0.650. The fourth-order valence-electron chi connectivity index (χ4n) is 2.97. The lowest BCUT2D eigenvalue weighted by Gasteiger charge is -2.19. The molecule has 29 heavy (non-hydrogen) atoms. The van der Waals surface area contributed by atoms with Gasteiger partial charge >= 0.3 is 5.97 Å². The van der Waals surface area contributed by atoms with Crippen LogP contribution < -0.4 is 10.1 Å². The topological polar surface area (TPSA) is 64.6 Å². The van der Waals surface area contributed by atoms with Crippen molar-refractivity contribution in [2.45, 2.75) is 26.4 Å². The number of anilines is 1. The van der Waals surface area contributed by atoms with Crippen molar-refractivity contribution in [2.24, 2.45) is 0 Å². The maximum atomic E-state index is 12.8. The summed E-state index contributed by atoms with van der Waals surface area (Å²) in [5.74, 6) is -0.196. The van der Waals surface area contributed by atoms with Gasteiger partial charge in [0, 0.05) is 11.1 Å². The molecule has 0 saturated carbocycles. The Morgan fingerprint density at radius 2 is 1.79 bits per heavy atom. The molecule has 0 unspecified atom stereocenters. The van der Waals surface area contributed by atoms with Gasteiger partial charge in [0.15, 0.2) is 6.10 Å². The van der Waals surface area contributed by atoms with E-state index in [1.807, 2.05) is 49.4 Å². The van der Waals surface area contributed by atoms with E-state index in [0.717, 1.165) is 10.8 Å². The molecule has 0 aromatic heterocycles. The first-order chi connectivity index (χ1) is 14.0. The van der Waals surface area contributed by atoms with Crippen LogP contribution in [0.2, 0.25) is 5.02 Å². The van der Waals surface area contributed by atoms with Crippen LogP contribution in [-0.2, 0) is 9.53 Å². The average Bonchev–Trinajstić information content (AvgIpc) is 2.73. The van der Waals surface area contributed by atoms with Gasteiger partial charge in [0.2, 0.25) is 0 Å². The van der Waals surface area contributed by atoms with Crippen LogP contribution in [0.4, 0.5) is 5.69 Å². The molecule has 0 aliphatic rings. The molecule has 3 rings (SSSR count). The van der Waals surface area contributed by atoms with Crippen molar-refractivity contribution in [1.82, 2.24) is 0 Å². The Morgan fingerprint density at radius 3 is 2.55 bits per heavy atom. The molecule has 3 aromatic rings. The molecule has 150 valence electrons. The first kappa shape index (κ1) is 20.7. The van der Waals surface area contributed by atoms with E-state index in [2.05, 4.69) is 5.32 Å². The van der Waals surface area contributed by atoms with Crippen molar-refractivity contribution in [2.75, 3.05) is 11.9 Å². The van der Waals surface area contributed by atoms with Gasteiger partial charge in [-0.05, 0) is 43.0 Å². The standard InChI is InChI=1S/C23H22ClNO4/c1-3-20(29-21-11-7-9-15-8-5-6-10-17(15)21)22(26)25-16-12-13-19(24)18(14-16)23(27)28-4-2/h5-14,20H,3-4H2,1-2H3,(H,25,26)/t20-/m1/s1. The van der Waals surface area contributed by atoms with Gasteiger partial charge in [-0.3, -0.25) is 4.79 Å². The molecule has 0 bridgehead atoms. The largest absolute Gasteiger partial charge is 0.480 e. The van der Waals surface area contributed by atoms with Gasteiger partial charge in [-0.25, -0.2) is 4.79 Å². The molecular formula is C23H22ClNO4. The second-order valence-corrected chi connectivity index (χ2v) is 6.80. The summed E-state index contributed by atoms with van der Waals surface area (Å²) in [6, 6.07) is 18.3. The molecule has 0 fully saturated rings. The minimum absolute atomic E-state index is 0.203. The number of carbonyl (C=O) groups is 2. The number of amides is 1. The fourth-order valence-corrected chi connectivity index (χ4v) is 3.16. The highest BCUT2D eigenvalue weighted by molar-refractivity contribution is 6.33. The number of carbonyl (C=O) groups excluding carboxylic acids is 2. The number of hydrogen-bond acceptors (Lipinski definition) is 4. The predicted molar refractivity (Wildman–Crippen MR) is 115 cm³/mol. The average molecular weight is 412 g/mol. The number of nitrogens with one attached hydrogen (secondary N) is 1. The molecule has 1 N–H and O–H groups in total. The van der Waals surface area contributed by atoms with E-state index in [1.165, 1.54) is 6.07 Å². The second kappa shape index (κ2) is 9.43. The van der Waals surface area contributed by atoms with Crippen molar-refractivity contribution in [3.05, 3.63) is 71.2 Å².